The Morgan fingerprint density at radius 3 is 2.09 bits per heavy atom. The van der Waals surface area contributed by atoms with Crippen molar-refractivity contribution in [3.63, 3.8) is 0 Å². The van der Waals surface area contributed by atoms with Gasteiger partial charge in [0.05, 0.1) is 11.0 Å². The minimum Gasteiger partial charge on any atom is -0.456 e. The molecule has 164 valence electrons. The summed E-state index contributed by atoms with van der Waals surface area (Å²) in [4.78, 5) is 0. The van der Waals surface area contributed by atoms with Gasteiger partial charge >= 0.3 is 0 Å². The highest BCUT2D eigenvalue weighted by Gasteiger charge is 2.19. The number of aromatic nitrogens is 1. The van der Waals surface area contributed by atoms with Gasteiger partial charge in [0.25, 0.3) is 0 Å². The second-order valence-corrected chi connectivity index (χ2v) is 9.41. The van der Waals surface area contributed by atoms with E-state index in [-0.39, 0.29) is 0 Å². The SMILES string of the molecule is Cc1c(-n2c3cc4ccccc4cc3c3c4ccccc4ccc32)ccc2oc3ccccc3c12. The third-order valence-corrected chi connectivity index (χ3v) is 7.54. The maximum absolute atomic E-state index is 6.19. The van der Waals surface area contributed by atoms with Crippen molar-refractivity contribution in [3.8, 4) is 5.69 Å². The van der Waals surface area contributed by atoms with Crippen LogP contribution in [0.25, 0.3) is 71.0 Å². The number of hydrogen-bond acceptors (Lipinski definition) is 1. The molecule has 2 aromatic heterocycles. The first-order valence-corrected chi connectivity index (χ1v) is 12.0. The van der Waals surface area contributed by atoms with E-state index in [9.17, 15) is 0 Å². The Labute approximate surface area is 201 Å². The van der Waals surface area contributed by atoms with Crippen LogP contribution in [0.15, 0.2) is 114 Å². The molecule has 0 aliphatic carbocycles. The van der Waals surface area contributed by atoms with Gasteiger partial charge in [-0.2, -0.15) is 0 Å². The van der Waals surface area contributed by atoms with E-state index in [0.29, 0.717) is 0 Å². The predicted octanol–water partition coefficient (Wildman–Crippen LogP) is 9.30. The lowest BCUT2D eigenvalue weighted by Crippen LogP contribution is -1.97. The number of para-hydroxylation sites is 1. The number of hydrogen-bond donors (Lipinski definition) is 0. The van der Waals surface area contributed by atoms with Crippen LogP contribution in [-0.4, -0.2) is 4.57 Å². The second kappa shape index (κ2) is 6.74. The summed E-state index contributed by atoms with van der Waals surface area (Å²) in [6.07, 6.45) is 0. The van der Waals surface area contributed by atoms with Gasteiger partial charge in [0, 0.05) is 27.2 Å². The Bertz CT molecular complexity index is 2120. The van der Waals surface area contributed by atoms with Crippen molar-refractivity contribution in [1.29, 1.82) is 0 Å². The largest absolute Gasteiger partial charge is 0.456 e. The summed E-state index contributed by atoms with van der Waals surface area (Å²) < 4.78 is 8.63. The molecule has 0 bridgehead atoms. The van der Waals surface area contributed by atoms with E-state index >= 15 is 0 Å². The summed E-state index contributed by atoms with van der Waals surface area (Å²) in [7, 11) is 0. The third-order valence-electron chi connectivity index (χ3n) is 7.54. The molecule has 0 saturated carbocycles. The number of rotatable bonds is 1. The van der Waals surface area contributed by atoms with Gasteiger partial charge in [-0.3, -0.25) is 0 Å². The van der Waals surface area contributed by atoms with Crippen LogP contribution < -0.4 is 0 Å². The molecule has 0 saturated heterocycles. The number of fused-ring (bicyclic) bond motifs is 9. The fourth-order valence-corrected chi connectivity index (χ4v) is 5.95. The van der Waals surface area contributed by atoms with Gasteiger partial charge in [-0.25, -0.2) is 0 Å². The molecular formula is C33H21NO. The summed E-state index contributed by atoms with van der Waals surface area (Å²) in [5, 5.41) is 10.0. The van der Waals surface area contributed by atoms with Crippen LogP contribution >= 0.6 is 0 Å². The molecule has 2 nitrogen and oxygen atoms in total. The molecule has 0 aliphatic rings. The number of furan rings is 1. The van der Waals surface area contributed by atoms with Crippen LogP contribution in [0.4, 0.5) is 0 Å². The summed E-state index contributed by atoms with van der Waals surface area (Å²) in [5.41, 5.74) is 6.74. The molecule has 2 heteroatoms. The number of benzene rings is 6. The zero-order valence-corrected chi connectivity index (χ0v) is 19.2. The molecule has 0 fully saturated rings. The zero-order chi connectivity index (χ0) is 23.1. The Balaban J connectivity index is 1.60. The first-order valence-electron chi connectivity index (χ1n) is 12.0. The van der Waals surface area contributed by atoms with Crippen molar-refractivity contribution in [2.45, 2.75) is 6.92 Å². The minimum absolute atomic E-state index is 0.932. The molecule has 0 N–H and O–H groups in total. The minimum atomic E-state index is 0.932. The van der Waals surface area contributed by atoms with Gasteiger partial charge in [-0.1, -0.05) is 72.8 Å². The molecule has 0 radical (unpaired) electrons. The number of nitrogens with zero attached hydrogens (tertiary/aromatic N) is 1. The third kappa shape index (κ3) is 2.49. The lowest BCUT2D eigenvalue weighted by molar-refractivity contribution is 0.668. The van der Waals surface area contributed by atoms with Crippen molar-refractivity contribution < 1.29 is 4.42 Å². The van der Waals surface area contributed by atoms with Crippen LogP contribution in [0.1, 0.15) is 5.56 Å². The highest BCUT2D eigenvalue weighted by atomic mass is 16.3. The highest BCUT2D eigenvalue weighted by molar-refractivity contribution is 6.23. The molecular weight excluding hydrogens is 426 g/mol. The van der Waals surface area contributed by atoms with Crippen LogP contribution in [0.5, 0.6) is 0 Å². The average molecular weight is 448 g/mol. The van der Waals surface area contributed by atoms with Gasteiger partial charge in [0.1, 0.15) is 11.2 Å². The van der Waals surface area contributed by atoms with E-state index in [2.05, 4.69) is 109 Å². The van der Waals surface area contributed by atoms with E-state index < -0.39 is 0 Å². The summed E-state index contributed by atoms with van der Waals surface area (Å²) >= 11 is 0. The Morgan fingerprint density at radius 2 is 1.23 bits per heavy atom. The van der Waals surface area contributed by atoms with E-state index in [1.807, 2.05) is 12.1 Å². The van der Waals surface area contributed by atoms with E-state index in [1.54, 1.807) is 0 Å². The van der Waals surface area contributed by atoms with Crippen molar-refractivity contribution in [1.82, 2.24) is 4.57 Å². The van der Waals surface area contributed by atoms with Gasteiger partial charge in [-0.15, -0.1) is 0 Å². The molecule has 8 rings (SSSR count). The van der Waals surface area contributed by atoms with Gasteiger partial charge < -0.3 is 8.98 Å². The van der Waals surface area contributed by atoms with E-state index in [0.717, 1.165) is 11.2 Å². The Morgan fingerprint density at radius 1 is 0.514 bits per heavy atom. The lowest BCUT2D eigenvalue weighted by Gasteiger charge is -2.13. The second-order valence-electron chi connectivity index (χ2n) is 9.41. The molecule has 8 aromatic rings. The summed E-state index contributed by atoms with van der Waals surface area (Å²) in [5.74, 6) is 0. The molecule has 0 atom stereocenters. The first-order chi connectivity index (χ1) is 17.3. The maximum atomic E-state index is 6.19. The standard InChI is InChI=1S/C33H21NO/c1-20-27(16-17-31-32(20)25-12-6-7-13-30(25)35-31)34-28-15-14-21-8-4-5-11-24(21)33(28)26-18-22-9-2-3-10-23(22)19-29(26)34/h2-19H,1H3. The van der Waals surface area contributed by atoms with Crippen LogP contribution in [-0.2, 0) is 0 Å². The van der Waals surface area contributed by atoms with Crippen molar-refractivity contribution >= 4 is 65.3 Å². The fraction of sp³-hybridized carbons (Fsp3) is 0.0303. The van der Waals surface area contributed by atoms with E-state index in [1.165, 1.54) is 65.4 Å². The molecule has 0 unspecified atom stereocenters. The topological polar surface area (TPSA) is 18.1 Å². The molecule has 35 heavy (non-hydrogen) atoms. The van der Waals surface area contributed by atoms with Crippen molar-refractivity contribution in [3.05, 3.63) is 115 Å². The molecule has 0 aliphatic heterocycles. The van der Waals surface area contributed by atoms with Crippen LogP contribution in [0.2, 0.25) is 0 Å². The monoisotopic (exact) mass is 447 g/mol. The smallest absolute Gasteiger partial charge is 0.135 e. The molecule has 0 spiro atoms. The highest BCUT2D eigenvalue weighted by Crippen LogP contribution is 2.41. The zero-order valence-electron chi connectivity index (χ0n) is 19.2. The first kappa shape index (κ1) is 18.8. The Kier molecular flexibility index (Phi) is 3.62. The summed E-state index contributed by atoms with van der Waals surface area (Å²) in [6.45, 7) is 2.22. The fourth-order valence-electron chi connectivity index (χ4n) is 5.95. The average Bonchev–Trinajstić information content (AvgIpc) is 3.43. The molecule has 2 heterocycles. The van der Waals surface area contributed by atoms with Crippen LogP contribution in [0.3, 0.4) is 0 Å². The Hall–Kier alpha value is -4.56. The van der Waals surface area contributed by atoms with Gasteiger partial charge in [-0.05, 0) is 70.4 Å². The lowest BCUT2D eigenvalue weighted by atomic mass is 10.0. The summed E-state index contributed by atoms with van der Waals surface area (Å²) in [6, 6.07) is 39.2. The molecule has 0 amide bonds. The van der Waals surface area contributed by atoms with Gasteiger partial charge in [0.15, 0.2) is 0 Å². The molecule has 6 aromatic carbocycles. The van der Waals surface area contributed by atoms with Gasteiger partial charge in [0.2, 0.25) is 0 Å². The van der Waals surface area contributed by atoms with E-state index in [4.69, 9.17) is 4.42 Å². The van der Waals surface area contributed by atoms with Crippen molar-refractivity contribution in [2.24, 2.45) is 0 Å². The number of aryl methyl sites for hydroxylation is 1. The van der Waals surface area contributed by atoms with Crippen LogP contribution in [0, 0.1) is 6.92 Å². The quantitative estimate of drug-likeness (QED) is 0.245. The maximum Gasteiger partial charge on any atom is 0.135 e. The predicted molar refractivity (Wildman–Crippen MR) is 148 cm³/mol. The normalized spacial score (nSPS) is 12.1. The van der Waals surface area contributed by atoms with Crippen molar-refractivity contribution in [2.75, 3.05) is 0 Å².